The van der Waals surface area contributed by atoms with Crippen LogP contribution in [0.3, 0.4) is 0 Å². The second-order valence-electron chi connectivity index (χ2n) is 9.02. The van der Waals surface area contributed by atoms with Crippen LogP contribution in [0.15, 0.2) is 42.5 Å². The first kappa shape index (κ1) is 25.6. The van der Waals surface area contributed by atoms with Crippen LogP contribution in [-0.4, -0.2) is 55.6 Å². The number of likely N-dealkylation sites (tertiary alicyclic amines) is 1. The number of para-hydroxylation sites is 1. The standard InChI is InChI=1S/C25H29ClFN3O4S/c26-21-8-6-9-22(27)20(21)17-35(33,34)30-15-11-18(12-16-30)24(31)28-23-10-3-2-7-19(23)25(32)29-13-4-1-5-14-29/h2-3,6-10,18H,1,4-5,11-17H2,(H,28,31). The van der Waals surface area contributed by atoms with Gasteiger partial charge in [-0.3, -0.25) is 9.59 Å². The molecule has 2 aromatic rings. The van der Waals surface area contributed by atoms with Crippen LogP contribution in [0.1, 0.15) is 48.0 Å². The molecule has 2 aliphatic rings. The van der Waals surface area contributed by atoms with Gasteiger partial charge >= 0.3 is 0 Å². The lowest BCUT2D eigenvalue weighted by Gasteiger charge is -2.31. The van der Waals surface area contributed by atoms with E-state index in [-0.39, 0.29) is 35.5 Å². The van der Waals surface area contributed by atoms with E-state index in [1.807, 2.05) is 4.90 Å². The lowest BCUT2D eigenvalue weighted by molar-refractivity contribution is -0.120. The molecule has 0 unspecified atom stereocenters. The summed E-state index contributed by atoms with van der Waals surface area (Å²) in [5, 5.41) is 2.96. The van der Waals surface area contributed by atoms with Gasteiger partial charge in [0.05, 0.1) is 17.0 Å². The largest absolute Gasteiger partial charge is 0.339 e. The molecule has 0 aromatic heterocycles. The number of sulfonamides is 1. The number of carbonyl (C=O) groups is 2. The van der Waals surface area contributed by atoms with Crippen LogP contribution in [0.25, 0.3) is 0 Å². The summed E-state index contributed by atoms with van der Waals surface area (Å²) in [4.78, 5) is 27.8. The van der Waals surface area contributed by atoms with E-state index in [0.29, 0.717) is 37.2 Å². The third-order valence-corrected chi connectivity index (χ3v) is 8.82. The quantitative estimate of drug-likeness (QED) is 0.614. The van der Waals surface area contributed by atoms with E-state index >= 15 is 0 Å². The lowest BCUT2D eigenvalue weighted by atomic mass is 9.97. The van der Waals surface area contributed by atoms with Gasteiger partial charge in [-0.05, 0) is 56.4 Å². The van der Waals surface area contributed by atoms with Crippen molar-refractivity contribution >= 4 is 39.1 Å². The fourth-order valence-electron chi connectivity index (χ4n) is 4.62. The maximum absolute atomic E-state index is 14.1. The number of nitrogens with zero attached hydrogens (tertiary/aromatic N) is 2. The second kappa shape index (κ2) is 11.1. The molecule has 2 heterocycles. The van der Waals surface area contributed by atoms with Crippen molar-refractivity contribution in [3.05, 3.63) is 64.4 Å². The number of rotatable bonds is 6. The Morgan fingerprint density at radius 1 is 0.971 bits per heavy atom. The van der Waals surface area contributed by atoms with Crippen LogP contribution in [-0.2, 0) is 20.6 Å². The van der Waals surface area contributed by atoms with Crippen molar-refractivity contribution in [3.63, 3.8) is 0 Å². The molecule has 0 saturated carbocycles. The third kappa shape index (κ3) is 6.02. The highest BCUT2D eigenvalue weighted by Crippen LogP contribution is 2.27. The van der Waals surface area contributed by atoms with E-state index in [2.05, 4.69) is 5.32 Å². The number of nitrogens with one attached hydrogen (secondary N) is 1. The first-order chi connectivity index (χ1) is 16.8. The van der Waals surface area contributed by atoms with Crippen LogP contribution >= 0.6 is 11.6 Å². The zero-order valence-corrected chi connectivity index (χ0v) is 21.0. The molecular weight excluding hydrogens is 493 g/mol. The number of benzene rings is 2. The van der Waals surface area contributed by atoms with Gasteiger partial charge in [0.25, 0.3) is 5.91 Å². The number of carbonyl (C=O) groups excluding carboxylic acids is 2. The van der Waals surface area contributed by atoms with Crippen LogP contribution in [0.4, 0.5) is 10.1 Å². The Hall–Kier alpha value is -2.49. The molecule has 7 nitrogen and oxygen atoms in total. The van der Waals surface area contributed by atoms with E-state index < -0.39 is 27.5 Å². The highest BCUT2D eigenvalue weighted by Gasteiger charge is 2.32. The Labute approximate surface area is 210 Å². The lowest BCUT2D eigenvalue weighted by Crippen LogP contribution is -2.42. The van der Waals surface area contributed by atoms with Gasteiger partial charge in [0, 0.05) is 42.7 Å². The highest BCUT2D eigenvalue weighted by molar-refractivity contribution is 7.88. The predicted octanol–water partition coefficient (Wildman–Crippen LogP) is 4.29. The highest BCUT2D eigenvalue weighted by atomic mass is 35.5. The summed E-state index contributed by atoms with van der Waals surface area (Å²) in [5.41, 5.74) is 0.880. The molecule has 0 atom stereocenters. The average molecular weight is 522 g/mol. The summed E-state index contributed by atoms with van der Waals surface area (Å²) in [6.07, 6.45) is 3.73. The summed E-state index contributed by atoms with van der Waals surface area (Å²) in [7, 11) is -3.79. The molecule has 2 saturated heterocycles. The van der Waals surface area contributed by atoms with Crippen molar-refractivity contribution in [2.45, 2.75) is 37.9 Å². The number of anilines is 1. The number of piperidine rings is 2. The third-order valence-electron chi connectivity index (χ3n) is 6.67. The SMILES string of the molecule is O=C(Nc1ccccc1C(=O)N1CCCCC1)C1CCN(S(=O)(=O)Cc2c(F)cccc2Cl)CC1. The zero-order chi connectivity index (χ0) is 25.0. The van der Waals surface area contributed by atoms with Crippen molar-refractivity contribution in [2.75, 3.05) is 31.5 Å². The molecule has 2 aromatic carbocycles. The molecule has 0 radical (unpaired) electrons. The summed E-state index contributed by atoms with van der Waals surface area (Å²) >= 11 is 6.00. The minimum absolute atomic E-state index is 0.0518. The molecule has 2 amide bonds. The first-order valence-electron chi connectivity index (χ1n) is 11.9. The summed E-state index contributed by atoms with van der Waals surface area (Å²) in [6.45, 7) is 1.74. The van der Waals surface area contributed by atoms with Gasteiger partial charge < -0.3 is 10.2 Å². The Morgan fingerprint density at radius 3 is 2.34 bits per heavy atom. The van der Waals surface area contributed by atoms with Gasteiger partial charge in [0.2, 0.25) is 15.9 Å². The molecular formula is C25H29ClFN3O4S. The molecule has 10 heteroatoms. The normalized spacial score (nSPS) is 17.8. The molecule has 4 rings (SSSR count). The maximum atomic E-state index is 14.1. The number of hydrogen-bond acceptors (Lipinski definition) is 4. The Balaban J connectivity index is 1.37. The smallest absolute Gasteiger partial charge is 0.255 e. The van der Waals surface area contributed by atoms with Gasteiger partial charge in [-0.15, -0.1) is 0 Å². The first-order valence-corrected chi connectivity index (χ1v) is 13.8. The maximum Gasteiger partial charge on any atom is 0.255 e. The molecule has 0 aliphatic carbocycles. The Bertz CT molecular complexity index is 1170. The predicted molar refractivity (Wildman–Crippen MR) is 133 cm³/mol. The number of halogens is 2. The summed E-state index contributed by atoms with van der Waals surface area (Å²) in [5.74, 6) is -1.90. The average Bonchev–Trinajstić information content (AvgIpc) is 2.87. The van der Waals surface area contributed by atoms with Crippen molar-refractivity contribution in [1.82, 2.24) is 9.21 Å². The number of hydrogen-bond donors (Lipinski definition) is 1. The molecule has 0 spiro atoms. The van der Waals surface area contributed by atoms with Gasteiger partial charge in [-0.2, -0.15) is 0 Å². The van der Waals surface area contributed by atoms with Gasteiger partial charge in [0.15, 0.2) is 0 Å². The zero-order valence-electron chi connectivity index (χ0n) is 19.4. The van der Waals surface area contributed by atoms with Crippen molar-refractivity contribution < 1.29 is 22.4 Å². The second-order valence-corrected chi connectivity index (χ2v) is 11.4. The van der Waals surface area contributed by atoms with E-state index in [1.54, 1.807) is 24.3 Å². The topological polar surface area (TPSA) is 86.8 Å². The molecule has 188 valence electrons. The molecule has 0 bridgehead atoms. The fraction of sp³-hybridized carbons (Fsp3) is 0.440. The van der Waals surface area contributed by atoms with Crippen LogP contribution in [0.2, 0.25) is 5.02 Å². The van der Waals surface area contributed by atoms with E-state index in [4.69, 9.17) is 11.6 Å². The molecule has 2 aliphatic heterocycles. The van der Waals surface area contributed by atoms with Gasteiger partial charge in [0.1, 0.15) is 5.82 Å². The molecule has 1 N–H and O–H groups in total. The fourth-order valence-corrected chi connectivity index (χ4v) is 6.54. The molecule has 35 heavy (non-hydrogen) atoms. The van der Waals surface area contributed by atoms with E-state index in [1.165, 1.54) is 22.5 Å². The minimum atomic E-state index is -3.79. The van der Waals surface area contributed by atoms with Gasteiger partial charge in [-0.25, -0.2) is 17.1 Å². The Kier molecular flexibility index (Phi) is 8.09. The minimum Gasteiger partial charge on any atom is -0.339 e. The van der Waals surface area contributed by atoms with E-state index in [9.17, 15) is 22.4 Å². The monoisotopic (exact) mass is 521 g/mol. The van der Waals surface area contributed by atoms with Gasteiger partial charge in [-0.1, -0.05) is 29.8 Å². The van der Waals surface area contributed by atoms with Crippen LogP contribution in [0.5, 0.6) is 0 Å². The van der Waals surface area contributed by atoms with Crippen molar-refractivity contribution in [2.24, 2.45) is 5.92 Å². The van der Waals surface area contributed by atoms with E-state index in [0.717, 1.165) is 19.3 Å². The number of amides is 2. The van der Waals surface area contributed by atoms with Crippen LogP contribution in [0, 0.1) is 11.7 Å². The van der Waals surface area contributed by atoms with Crippen molar-refractivity contribution in [1.29, 1.82) is 0 Å². The van der Waals surface area contributed by atoms with Crippen molar-refractivity contribution in [3.8, 4) is 0 Å². The molecule has 2 fully saturated rings. The Morgan fingerprint density at radius 2 is 1.66 bits per heavy atom. The van der Waals surface area contributed by atoms with Crippen LogP contribution < -0.4 is 5.32 Å². The summed E-state index contributed by atoms with van der Waals surface area (Å²) < 4.78 is 41.1. The summed E-state index contributed by atoms with van der Waals surface area (Å²) in [6, 6.07) is 11.0.